The third-order valence-corrected chi connectivity index (χ3v) is 3.29. The van der Waals surface area contributed by atoms with Gasteiger partial charge in [0.25, 0.3) is 5.91 Å². The molecule has 0 spiro atoms. The second-order valence-electron chi connectivity index (χ2n) is 4.96. The van der Waals surface area contributed by atoms with E-state index in [4.69, 9.17) is 0 Å². The van der Waals surface area contributed by atoms with Crippen LogP contribution in [-0.2, 0) is 4.79 Å². The number of aryl methyl sites for hydroxylation is 1. The van der Waals surface area contributed by atoms with Crippen molar-refractivity contribution in [3.8, 4) is 0 Å². The third-order valence-electron chi connectivity index (χ3n) is 3.29. The van der Waals surface area contributed by atoms with Gasteiger partial charge in [0.2, 0.25) is 5.91 Å². The molecule has 0 atom stereocenters. The summed E-state index contributed by atoms with van der Waals surface area (Å²) in [6.45, 7) is 5.35. The highest BCUT2D eigenvalue weighted by Gasteiger charge is 2.10. The standard InChI is InChI=1S/C17H18N2O2/c1-11-6-4-9-16(12(11)2)17(21)19-15-8-5-7-14(10-15)18-13(3)20/h4-10H,1-3H3,(H,18,20)(H,19,21). The van der Waals surface area contributed by atoms with Crippen molar-refractivity contribution < 1.29 is 9.59 Å². The van der Waals surface area contributed by atoms with E-state index in [1.54, 1.807) is 30.3 Å². The maximum Gasteiger partial charge on any atom is 0.255 e. The molecule has 0 fully saturated rings. The highest BCUT2D eigenvalue weighted by atomic mass is 16.2. The van der Waals surface area contributed by atoms with E-state index < -0.39 is 0 Å². The van der Waals surface area contributed by atoms with Crippen molar-refractivity contribution in [2.45, 2.75) is 20.8 Å². The highest BCUT2D eigenvalue weighted by Crippen LogP contribution is 2.18. The first-order valence-corrected chi connectivity index (χ1v) is 6.72. The van der Waals surface area contributed by atoms with Crippen LogP contribution in [0.5, 0.6) is 0 Å². The van der Waals surface area contributed by atoms with Crippen molar-refractivity contribution in [2.24, 2.45) is 0 Å². The largest absolute Gasteiger partial charge is 0.326 e. The van der Waals surface area contributed by atoms with Crippen LogP contribution in [-0.4, -0.2) is 11.8 Å². The molecule has 2 N–H and O–H groups in total. The predicted octanol–water partition coefficient (Wildman–Crippen LogP) is 3.51. The molecule has 0 aromatic heterocycles. The van der Waals surface area contributed by atoms with E-state index >= 15 is 0 Å². The van der Waals surface area contributed by atoms with Crippen LogP contribution in [0.15, 0.2) is 42.5 Å². The van der Waals surface area contributed by atoms with Gasteiger partial charge in [0.15, 0.2) is 0 Å². The molecule has 0 bridgehead atoms. The lowest BCUT2D eigenvalue weighted by Gasteiger charge is -2.10. The quantitative estimate of drug-likeness (QED) is 0.905. The fraction of sp³-hybridized carbons (Fsp3) is 0.176. The number of hydrogen-bond donors (Lipinski definition) is 2. The Morgan fingerprint density at radius 1 is 0.905 bits per heavy atom. The number of rotatable bonds is 3. The van der Waals surface area contributed by atoms with Gasteiger partial charge in [-0.3, -0.25) is 9.59 Å². The molecule has 2 amide bonds. The maximum absolute atomic E-state index is 12.3. The summed E-state index contributed by atoms with van der Waals surface area (Å²) in [6, 6.07) is 12.7. The maximum atomic E-state index is 12.3. The molecule has 0 saturated heterocycles. The number of anilines is 2. The molecule has 4 nitrogen and oxygen atoms in total. The summed E-state index contributed by atoms with van der Waals surface area (Å²) >= 11 is 0. The molecule has 0 unspecified atom stereocenters. The molecule has 4 heteroatoms. The molecular weight excluding hydrogens is 264 g/mol. The lowest BCUT2D eigenvalue weighted by molar-refractivity contribution is -0.114. The summed E-state index contributed by atoms with van der Waals surface area (Å²) in [5.74, 6) is -0.302. The lowest BCUT2D eigenvalue weighted by Crippen LogP contribution is -2.14. The number of carbonyl (C=O) groups is 2. The Hall–Kier alpha value is -2.62. The molecule has 0 aliphatic heterocycles. The van der Waals surface area contributed by atoms with Crippen LogP contribution in [0.4, 0.5) is 11.4 Å². The Morgan fingerprint density at radius 3 is 2.19 bits per heavy atom. The van der Waals surface area contributed by atoms with Crippen LogP contribution in [0.2, 0.25) is 0 Å². The van der Waals surface area contributed by atoms with E-state index in [0.717, 1.165) is 11.1 Å². The molecule has 108 valence electrons. The van der Waals surface area contributed by atoms with E-state index in [-0.39, 0.29) is 11.8 Å². The summed E-state index contributed by atoms with van der Waals surface area (Å²) in [5.41, 5.74) is 4.00. The predicted molar refractivity (Wildman–Crippen MR) is 84.6 cm³/mol. The van der Waals surface area contributed by atoms with E-state index in [2.05, 4.69) is 10.6 Å². The monoisotopic (exact) mass is 282 g/mol. The molecule has 0 heterocycles. The van der Waals surface area contributed by atoms with Gasteiger partial charge in [-0.25, -0.2) is 0 Å². The average molecular weight is 282 g/mol. The Labute approximate surface area is 124 Å². The number of amides is 2. The van der Waals surface area contributed by atoms with Gasteiger partial charge in [-0.05, 0) is 49.2 Å². The number of benzene rings is 2. The number of carbonyl (C=O) groups excluding carboxylic acids is 2. The zero-order valence-electron chi connectivity index (χ0n) is 12.4. The smallest absolute Gasteiger partial charge is 0.255 e. The summed E-state index contributed by atoms with van der Waals surface area (Å²) in [6.07, 6.45) is 0. The first kappa shape index (κ1) is 14.8. The zero-order valence-corrected chi connectivity index (χ0v) is 12.4. The average Bonchev–Trinajstić information content (AvgIpc) is 2.41. The molecule has 0 radical (unpaired) electrons. The molecule has 21 heavy (non-hydrogen) atoms. The van der Waals surface area contributed by atoms with Crippen LogP contribution in [0.25, 0.3) is 0 Å². The van der Waals surface area contributed by atoms with Gasteiger partial charge < -0.3 is 10.6 Å². The Bertz CT molecular complexity index is 693. The van der Waals surface area contributed by atoms with Crippen LogP contribution in [0.3, 0.4) is 0 Å². The minimum absolute atomic E-state index is 0.145. The first-order chi connectivity index (χ1) is 9.97. The van der Waals surface area contributed by atoms with Gasteiger partial charge in [0.05, 0.1) is 0 Å². The van der Waals surface area contributed by atoms with E-state index in [1.165, 1.54) is 6.92 Å². The normalized spacial score (nSPS) is 10.0. The van der Waals surface area contributed by atoms with Crippen LogP contribution in [0.1, 0.15) is 28.4 Å². The van der Waals surface area contributed by atoms with E-state index in [1.807, 2.05) is 26.0 Å². The SMILES string of the molecule is CC(=O)Nc1cccc(NC(=O)c2cccc(C)c2C)c1. The first-order valence-electron chi connectivity index (χ1n) is 6.72. The third kappa shape index (κ3) is 3.69. The van der Waals surface area contributed by atoms with Gasteiger partial charge in [-0.2, -0.15) is 0 Å². The van der Waals surface area contributed by atoms with Crippen molar-refractivity contribution in [3.63, 3.8) is 0 Å². The van der Waals surface area contributed by atoms with Gasteiger partial charge >= 0.3 is 0 Å². The zero-order chi connectivity index (χ0) is 15.4. The number of nitrogens with one attached hydrogen (secondary N) is 2. The molecule has 2 aromatic rings. The number of hydrogen-bond acceptors (Lipinski definition) is 2. The summed E-state index contributed by atoms with van der Waals surface area (Å²) in [7, 11) is 0. The van der Waals surface area contributed by atoms with Crippen molar-refractivity contribution in [1.82, 2.24) is 0 Å². The minimum Gasteiger partial charge on any atom is -0.326 e. The molecule has 0 aliphatic rings. The topological polar surface area (TPSA) is 58.2 Å². The second-order valence-corrected chi connectivity index (χ2v) is 4.96. The molecule has 0 saturated carbocycles. The second kappa shape index (κ2) is 6.22. The van der Waals surface area contributed by atoms with Gasteiger partial charge in [0.1, 0.15) is 0 Å². The van der Waals surface area contributed by atoms with Gasteiger partial charge in [-0.15, -0.1) is 0 Å². The van der Waals surface area contributed by atoms with Crippen LogP contribution in [0, 0.1) is 13.8 Å². The van der Waals surface area contributed by atoms with E-state index in [9.17, 15) is 9.59 Å². The fourth-order valence-corrected chi connectivity index (χ4v) is 2.07. The van der Waals surface area contributed by atoms with Gasteiger partial charge in [0, 0.05) is 23.9 Å². The minimum atomic E-state index is -0.156. The van der Waals surface area contributed by atoms with Crippen molar-refractivity contribution in [2.75, 3.05) is 10.6 Å². The molecule has 0 aliphatic carbocycles. The van der Waals surface area contributed by atoms with Crippen LogP contribution < -0.4 is 10.6 Å². The van der Waals surface area contributed by atoms with E-state index in [0.29, 0.717) is 16.9 Å². The summed E-state index contributed by atoms with van der Waals surface area (Å²) < 4.78 is 0. The van der Waals surface area contributed by atoms with Crippen LogP contribution >= 0.6 is 0 Å². The lowest BCUT2D eigenvalue weighted by atomic mass is 10.0. The molecular formula is C17H18N2O2. The highest BCUT2D eigenvalue weighted by molar-refractivity contribution is 6.05. The molecule has 2 aromatic carbocycles. The summed E-state index contributed by atoms with van der Waals surface area (Å²) in [5, 5.41) is 5.54. The van der Waals surface area contributed by atoms with Crippen molar-refractivity contribution >= 4 is 23.2 Å². The Morgan fingerprint density at radius 2 is 1.52 bits per heavy atom. The van der Waals surface area contributed by atoms with Gasteiger partial charge in [-0.1, -0.05) is 18.2 Å². The molecule has 2 rings (SSSR count). The van der Waals surface area contributed by atoms with Crippen molar-refractivity contribution in [1.29, 1.82) is 0 Å². The van der Waals surface area contributed by atoms with Crippen molar-refractivity contribution in [3.05, 3.63) is 59.2 Å². The summed E-state index contributed by atoms with van der Waals surface area (Å²) in [4.78, 5) is 23.4. The Balaban J connectivity index is 2.20. The Kier molecular flexibility index (Phi) is 4.38. The fourth-order valence-electron chi connectivity index (χ4n) is 2.07.